The summed E-state index contributed by atoms with van der Waals surface area (Å²) in [6.45, 7) is 1.02. The molecule has 0 N–H and O–H groups in total. The maximum atomic E-state index is 6.40. The summed E-state index contributed by atoms with van der Waals surface area (Å²) in [6, 6.07) is 11.2. The molecule has 1 aliphatic carbocycles. The predicted molar refractivity (Wildman–Crippen MR) is 89.3 cm³/mol. The fourth-order valence-corrected chi connectivity index (χ4v) is 4.03. The molecule has 1 aliphatic heterocycles. The number of benzene rings is 1. The monoisotopic (exact) mass is 307 g/mol. The van der Waals surface area contributed by atoms with Crippen molar-refractivity contribution in [3.05, 3.63) is 30.3 Å². The molecule has 1 saturated heterocycles. The van der Waals surface area contributed by atoms with Crippen molar-refractivity contribution < 1.29 is 4.74 Å². The van der Waals surface area contributed by atoms with Gasteiger partial charge in [0.2, 0.25) is 0 Å². The van der Waals surface area contributed by atoms with Crippen LogP contribution in [-0.2, 0) is 4.74 Å². The quantitative estimate of drug-likeness (QED) is 0.736. The van der Waals surface area contributed by atoms with E-state index in [2.05, 4.69) is 35.2 Å². The van der Waals surface area contributed by atoms with Crippen molar-refractivity contribution in [3.63, 3.8) is 0 Å². The Bertz CT molecular complexity index is 418. The Hall–Kier alpha value is -0.730. The Balaban J connectivity index is 1.63. The zero-order chi connectivity index (χ0) is 14.5. The zero-order valence-electron chi connectivity index (χ0n) is 12.7. The van der Waals surface area contributed by atoms with Gasteiger partial charge in [0.25, 0.3) is 0 Å². The molecule has 2 fully saturated rings. The first-order valence-corrected chi connectivity index (χ1v) is 8.93. The lowest BCUT2D eigenvalue weighted by atomic mass is 9.97. The molecule has 1 aromatic rings. The molecule has 1 heterocycles. The largest absolute Gasteiger partial charge is 0.373 e. The van der Waals surface area contributed by atoms with Gasteiger partial charge in [-0.1, -0.05) is 37.5 Å². The van der Waals surface area contributed by atoms with Crippen molar-refractivity contribution in [2.24, 2.45) is 0 Å². The van der Waals surface area contributed by atoms with Crippen LogP contribution in [0.1, 0.15) is 44.9 Å². The van der Waals surface area contributed by atoms with Crippen molar-refractivity contribution in [3.8, 4) is 0 Å². The van der Waals surface area contributed by atoms with Gasteiger partial charge in [0, 0.05) is 24.2 Å². The van der Waals surface area contributed by atoms with E-state index in [0.717, 1.165) is 25.3 Å². The number of hydrogen-bond acceptors (Lipinski definition) is 2. The number of para-hydroxylation sites is 1. The van der Waals surface area contributed by atoms with E-state index < -0.39 is 0 Å². The van der Waals surface area contributed by atoms with Crippen LogP contribution in [0, 0.1) is 0 Å². The summed E-state index contributed by atoms with van der Waals surface area (Å²) in [5.74, 6) is 0.726. The molecule has 0 radical (unpaired) electrons. The molecule has 3 heteroatoms. The van der Waals surface area contributed by atoms with Crippen LogP contribution in [0.25, 0.3) is 0 Å². The number of nitrogens with zero attached hydrogens (tertiary/aromatic N) is 1. The normalized spacial score (nSPS) is 27.2. The van der Waals surface area contributed by atoms with Crippen LogP contribution in [0.4, 0.5) is 5.69 Å². The van der Waals surface area contributed by atoms with Gasteiger partial charge in [0.1, 0.15) is 0 Å². The van der Waals surface area contributed by atoms with Crippen LogP contribution in [-0.4, -0.2) is 30.7 Å². The van der Waals surface area contributed by atoms with Gasteiger partial charge in [-0.15, -0.1) is 11.6 Å². The van der Waals surface area contributed by atoms with Crippen molar-refractivity contribution in [1.82, 2.24) is 0 Å². The first-order valence-electron chi connectivity index (χ1n) is 8.40. The molecular formula is C18H26ClNO. The first-order chi connectivity index (χ1) is 10.4. The number of hydrogen-bond donors (Lipinski definition) is 0. The number of ether oxygens (including phenoxy) is 1. The Labute approximate surface area is 133 Å². The fraction of sp³-hybridized carbons (Fsp3) is 0.667. The Kier molecular flexibility index (Phi) is 5.43. The van der Waals surface area contributed by atoms with Crippen LogP contribution in [0.15, 0.2) is 30.3 Å². The smallest absolute Gasteiger partial charge is 0.0773 e. The minimum atomic E-state index is 0.376. The van der Waals surface area contributed by atoms with Crippen molar-refractivity contribution >= 4 is 17.3 Å². The molecule has 1 saturated carbocycles. The van der Waals surface area contributed by atoms with E-state index in [4.69, 9.17) is 16.3 Å². The highest BCUT2D eigenvalue weighted by Crippen LogP contribution is 2.31. The lowest BCUT2D eigenvalue weighted by Gasteiger charge is -2.27. The molecule has 3 rings (SSSR count). The van der Waals surface area contributed by atoms with Crippen molar-refractivity contribution in [1.29, 1.82) is 0 Å². The van der Waals surface area contributed by atoms with Crippen LogP contribution in [0.3, 0.4) is 0 Å². The van der Waals surface area contributed by atoms with Crippen LogP contribution < -0.4 is 4.90 Å². The summed E-state index contributed by atoms with van der Waals surface area (Å²) in [6.07, 6.45) is 9.60. The van der Waals surface area contributed by atoms with E-state index in [0.29, 0.717) is 18.2 Å². The fourth-order valence-electron chi connectivity index (χ4n) is 3.78. The van der Waals surface area contributed by atoms with Gasteiger partial charge >= 0.3 is 0 Å². The Morgan fingerprint density at radius 1 is 1.05 bits per heavy atom. The van der Waals surface area contributed by atoms with Crippen LogP contribution >= 0.6 is 11.6 Å². The van der Waals surface area contributed by atoms with E-state index in [1.54, 1.807) is 0 Å². The molecule has 2 aliphatic rings. The molecular weight excluding hydrogens is 282 g/mol. The SMILES string of the molecule is ClCC[C@H]1C[C@@H](OC2CCCCC2)CN1c1ccccc1. The van der Waals surface area contributed by atoms with Gasteiger partial charge in [0.05, 0.1) is 12.2 Å². The highest BCUT2D eigenvalue weighted by atomic mass is 35.5. The molecule has 0 aromatic heterocycles. The van der Waals surface area contributed by atoms with Gasteiger partial charge in [-0.2, -0.15) is 0 Å². The number of alkyl halides is 1. The predicted octanol–water partition coefficient (Wildman–Crippen LogP) is 4.61. The Morgan fingerprint density at radius 2 is 1.81 bits per heavy atom. The number of halogens is 1. The maximum Gasteiger partial charge on any atom is 0.0773 e. The summed E-state index contributed by atoms with van der Waals surface area (Å²) in [4.78, 5) is 2.50. The molecule has 0 unspecified atom stereocenters. The molecule has 0 spiro atoms. The standard InChI is InChI=1S/C18H26ClNO/c19-12-11-16-13-18(21-17-9-5-2-6-10-17)14-20(16)15-7-3-1-4-8-15/h1,3-4,7-8,16-18H,2,5-6,9-14H2/t16-,18+/m0/s1. The molecule has 0 bridgehead atoms. The molecule has 0 amide bonds. The second-order valence-corrected chi connectivity index (χ2v) is 6.75. The maximum absolute atomic E-state index is 6.40. The summed E-state index contributed by atoms with van der Waals surface area (Å²) < 4.78 is 6.40. The van der Waals surface area contributed by atoms with Crippen molar-refractivity contribution in [2.75, 3.05) is 17.3 Å². The van der Waals surface area contributed by atoms with Gasteiger partial charge in [-0.25, -0.2) is 0 Å². The minimum Gasteiger partial charge on any atom is -0.373 e. The third kappa shape index (κ3) is 3.92. The summed E-state index contributed by atoms with van der Waals surface area (Å²) >= 11 is 6.01. The summed E-state index contributed by atoms with van der Waals surface area (Å²) in [5.41, 5.74) is 1.31. The molecule has 116 valence electrons. The van der Waals surface area contributed by atoms with Gasteiger partial charge < -0.3 is 9.64 Å². The zero-order valence-corrected chi connectivity index (χ0v) is 13.5. The first kappa shape index (κ1) is 15.2. The molecule has 2 nitrogen and oxygen atoms in total. The van der Waals surface area contributed by atoms with Crippen molar-refractivity contribution in [2.45, 2.75) is 63.2 Å². The number of rotatable bonds is 5. The van der Waals surface area contributed by atoms with Gasteiger partial charge in [-0.3, -0.25) is 0 Å². The van der Waals surface area contributed by atoms with Crippen LogP contribution in [0.2, 0.25) is 0 Å². The molecule has 21 heavy (non-hydrogen) atoms. The van der Waals surface area contributed by atoms with E-state index in [-0.39, 0.29) is 0 Å². The van der Waals surface area contributed by atoms with E-state index in [1.165, 1.54) is 37.8 Å². The molecule has 1 aromatic carbocycles. The third-order valence-corrected chi connectivity index (χ3v) is 5.06. The van der Waals surface area contributed by atoms with Crippen LogP contribution in [0.5, 0.6) is 0 Å². The highest BCUT2D eigenvalue weighted by Gasteiger charge is 2.33. The second-order valence-electron chi connectivity index (χ2n) is 6.37. The van der Waals surface area contributed by atoms with Gasteiger partial charge in [0.15, 0.2) is 0 Å². The lowest BCUT2D eigenvalue weighted by Crippen LogP contribution is -2.30. The van der Waals surface area contributed by atoms with E-state index in [1.807, 2.05) is 0 Å². The third-order valence-electron chi connectivity index (χ3n) is 4.84. The minimum absolute atomic E-state index is 0.376. The summed E-state index contributed by atoms with van der Waals surface area (Å²) in [5, 5.41) is 0. The van der Waals surface area contributed by atoms with Gasteiger partial charge in [-0.05, 0) is 37.8 Å². The average molecular weight is 308 g/mol. The number of anilines is 1. The highest BCUT2D eigenvalue weighted by molar-refractivity contribution is 6.17. The second kappa shape index (κ2) is 7.51. The van der Waals surface area contributed by atoms with E-state index >= 15 is 0 Å². The Morgan fingerprint density at radius 3 is 2.52 bits per heavy atom. The lowest BCUT2D eigenvalue weighted by molar-refractivity contribution is -0.0202. The van der Waals surface area contributed by atoms with E-state index in [9.17, 15) is 0 Å². The topological polar surface area (TPSA) is 12.5 Å². The summed E-state index contributed by atoms with van der Waals surface area (Å²) in [7, 11) is 0. The molecule has 2 atom stereocenters. The average Bonchev–Trinajstić information content (AvgIpc) is 2.92.